The Morgan fingerprint density at radius 1 is 1.00 bits per heavy atom. The fourth-order valence-corrected chi connectivity index (χ4v) is 4.77. The fraction of sp³-hybridized carbons (Fsp3) is 0.258. The minimum atomic E-state index is -0.986. The molecular formula is C31H31N3O4. The highest BCUT2D eigenvalue weighted by molar-refractivity contribution is 6.06. The molecule has 1 aromatic heterocycles. The van der Waals surface area contributed by atoms with Crippen molar-refractivity contribution < 1.29 is 19.1 Å². The van der Waals surface area contributed by atoms with Gasteiger partial charge in [-0.05, 0) is 49.7 Å². The van der Waals surface area contributed by atoms with E-state index in [0.717, 1.165) is 47.4 Å². The third-order valence-electron chi connectivity index (χ3n) is 6.66. The summed E-state index contributed by atoms with van der Waals surface area (Å²) >= 11 is 0. The van der Waals surface area contributed by atoms with Crippen LogP contribution in [0.25, 0.3) is 10.9 Å². The highest BCUT2D eigenvalue weighted by Crippen LogP contribution is 2.30. The Morgan fingerprint density at radius 2 is 1.74 bits per heavy atom. The van der Waals surface area contributed by atoms with Crippen molar-refractivity contribution >= 4 is 28.5 Å². The molecule has 1 atom stereocenters. The number of nitrogens with zero attached hydrogens (tertiary/aromatic N) is 2. The Kier molecular flexibility index (Phi) is 7.65. The van der Waals surface area contributed by atoms with Crippen LogP contribution >= 0.6 is 0 Å². The van der Waals surface area contributed by atoms with Gasteiger partial charge < -0.3 is 14.8 Å². The Balaban J connectivity index is 1.36. The van der Waals surface area contributed by atoms with Gasteiger partial charge in [0.15, 0.2) is 6.10 Å². The SMILES string of the molecule is CCOc1ccc(NC(=O)C(C)OC(=O)c2c3c(nc4ccccc24)CCN(Cc2ccccc2)C3)cc1. The first kappa shape index (κ1) is 25.4. The van der Waals surface area contributed by atoms with Gasteiger partial charge in [0.25, 0.3) is 5.91 Å². The molecule has 0 aliphatic carbocycles. The number of pyridine rings is 1. The third-order valence-corrected chi connectivity index (χ3v) is 6.66. The molecule has 1 aliphatic rings. The first-order chi connectivity index (χ1) is 18.5. The van der Waals surface area contributed by atoms with Crippen molar-refractivity contribution in [3.8, 4) is 5.75 Å². The summed E-state index contributed by atoms with van der Waals surface area (Å²) in [5.41, 5.74) is 4.84. The molecule has 38 heavy (non-hydrogen) atoms. The highest BCUT2D eigenvalue weighted by atomic mass is 16.5. The number of rotatable bonds is 8. The molecular weight excluding hydrogens is 478 g/mol. The lowest BCUT2D eigenvalue weighted by Gasteiger charge is -2.30. The zero-order valence-electron chi connectivity index (χ0n) is 21.6. The van der Waals surface area contributed by atoms with Crippen molar-refractivity contribution in [2.75, 3.05) is 18.5 Å². The molecule has 0 radical (unpaired) electrons. The lowest BCUT2D eigenvalue weighted by Crippen LogP contribution is -2.34. The van der Waals surface area contributed by atoms with E-state index in [-0.39, 0.29) is 0 Å². The minimum absolute atomic E-state index is 0.402. The van der Waals surface area contributed by atoms with Crippen molar-refractivity contribution in [3.05, 3.63) is 101 Å². The standard InChI is InChI=1S/C31H31N3O4/c1-3-37-24-15-13-23(14-16-24)32-30(35)21(2)38-31(36)29-25-11-7-8-12-27(25)33-28-17-18-34(20-26(28)29)19-22-9-5-4-6-10-22/h4-16,21H,3,17-20H2,1-2H3,(H,32,35). The van der Waals surface area contributed by atoms with Crippen LogP contribution in [0.15, 0.2) is 78.9 Å². The molecule has 7 nitrogen and oxygen atoms in total. The molecule has 1 unspecified atom stereocenters. The smallest absolute Gasteiger partial charge is 0.339 e. The van der Waals surface area contributed by atoms with Crippen LogP contribution in [-0.2, 0) is 29.0 Å². The number of carbonyl (C=O) groups is 2. The normalized spacial score (nSPS) is 13.9. The average molecular weight is 510 g/mol. The van der Waals surface area contributed by atoms with Gasteiger partial charge in [-0.15, -0.1) is 0 Å². The molecule has 0 fully saturated rings. The summed E-state index contributed by atoms with van der Waals surface area (Å²) in [6.45, 7) is 6.27. The molecule has 0 saturated heterocycles. The van der Waals surface area contributed by atoms with E-state index in [9.17, 15) is 9.59 Å². The molecule has 5 rings (SSSR count). The van der Waals surface area contributed by atoms with Crippen LogP contribution in [-0.4, -0.2) is 41.0 Å². The number of fused-ring (bicyclic) bond motifs is 2. The summed E-state index contributed by atoms with van der Waals surface area (Å²) in [6, 6.07) is 25.0. The summed E-state index contributed by atoms with van der Waals surface area (Å²) in [6.07, 6.45) is -0.248. The fourth-order valence-electron chi connectivity index (χ4n) is 4.77. The van der Waals surface area contributed by atoms with Crippen molar-refractivity contribution in [2.24, 2.45) is 0 Å². The van der Waals surface area contributed by atoms with Gasteiger partial charge in [0, 0.05) is 48.4 Å². The van der Waals surface area contributed by atoms with E-state index in [0.29, 0.717) is 24.4 Å². The maximum Gasteiger partial charge on any atom is 0.339 e. The number of ether oxygens (including phenoxy) is 2. The molecule has 2 heterocycles. The van der Waals surface area contributed by atoms with Gasteiger partial charge in [-0.1, -0.05) is 48.5 Å². The maximum atomic E-state index is 13.6. The quantitative estimate of drug-likeness (QED) is 0.322. The molecule has 7 heteroatoms. The predicted octanol–water partition coefficient (Wildman–Crippen LogP) is 5.38. The first-order valence-electron chi connectivity index (χ1n) is 12.9. The van der Waals surface area contributed by atoms with Gasteiger partial charge >= 0.3 is 5.97 Å². The molecule has 3 aromatic carbocycles. The largest absolute Gasteiger partial charge is 0.494 e. The number of esters is 1. The van der Waals surface area contributed by atoms with Crippen LogP contribution < -0.4 is 10.1 Å². The third kappa shape index (κ3) is 5.68. The molecule has 1 amide bonds. The highest BCUT2D eigenvalue weighted by Gasteiger charge is 2.28. The van der Waals surface area contributed by atoms with E-state index in [2.05, 4.69) is 22.3 Å². The molecule has 194 valence electrons. The molecule has 4 aromatic rings. The maximum absolute atomic E-state index is 13.6. The zero-order chi connectivity index (χ0) is 26.5. The van der Waals surface area contributed by atoms with E-state index in [1.54, 1.807) is 31.2 Å². The van der Waals surface area contributed by atoms with Gasteiger partial charge in [-0.2, -0.15) is 0 Å². The van der Waals surface area contributed by atoms with Crippen molar-refractivity contribution in [1.29, 1.82) is 0 Å². The number of aromatic nitrogens is 1. The lowest BCUT2D eigenvalue weighted by molar-refractivity contribution is -0.123. The number of para-hydroxylation sites is 1. The van der Waals surface area contributed by atoms with Crippen molar-refractivity contribution in [1.82, 2.24) is 9.88 Å². The minimum Gasteiger partial charge on any atom is -0.494 e. The van der Waals surface area contributed by atoms with Crippen LogP contribution in [0.3, 0.4) is 0 Å². The second kappa shape index (κ2) is 11.4. The monoisotopic (exact) mass is 509 g/mol. The average Bonchev–Trinajstić information content (AvgIpc) is 2.93. The summed E-state index contributed by atoms with van der Waals surface area (Å²) in [4.78, 5) is 33.7. The summed E-state index contributed by atoms with van der Waals surface area (Å²) in [7, 11) is 0. The summed E-state index contributed by atoms with van der Waals surface area (Å²) in [5, 5.41) is 3.54. The lowest BCUT2D eigenvalue weighted by atomic mass is 9.95. The second-order valence-corrected chi connectivity index (χ2v) is 9.37. The molecule has 1 aliphatic heterocycles. The Labute approximate surface area is 222 Å². The number of carbonyl (C=O) groups excluding carboxylic acids is 2. The van der Waals surface area contributed by atoms with Gasteiger partial charge in [0.05, 0.1) is 17.7 Å². The number of benzene rings is 3. The second-order valence-electron chi connectivity index (χ2n) is 9.37. The number of hydrogen-bond acceptors (Lipinski definition) is 6. The summed E-state index contributed by atoms with van der Waals surface area (Å²) in [5.74, 6) is -0.197. The van der Waals surface area contributed by atoms with Crippen LogP contribution in [0.4, 0.5) is 5.69 Å². The Hall–Kier alpha value is -4.23. The van der Waals surface area contributed by atoms with E-state index in [1.807, 2.05) is 49.4 Å². The van der Waals surface area contributed by atoms with E-state index >= 15 is 0 Å². The first-order valence-corrected chi connectivity index (χ1v) is 12.9. The number of nitrogens with one attached hydrogen (secondary N) is 1. The van der Waals surface area contributed by atoms with Crippen LogP contribution in [0, 0.1) is 0 Å². The van der Waals surface area contributed by atoms with Crippen LogP contribution in [0.2, 0.25) is 0 Å². The van der Waals surface area contributed by atoms with Crippen molar-refractivity contribution in [2.45, 2.75) is 39.5 Å². The van der Waals surface area contributed by atoms with E-state index < -0.39 is 18.0 Å². The van der Waals surface area contributed by atoms with E-state index in [1.165, 1.54) is 5.56 Å². The molecule has 0 bridgehead atoms. The van der Waals surface area contributed by atoms with Gasteiger partial charge in [-0.25, -0.2) is 4.79 Å². The predicted molar refractivity (Wildman–Crippen MR) is 147 cm³/mol. The zero-order valence-corrected chi connectivity index (χ0v) is 21.6. The number of amides is 1. The van der Waals surface area contributed by atoms with E-state index in [4.69, 9.17) is 14.5 Å². The topological polar surface area (TPSA) is 80.8 Å². The van der Waals surface area contributed by atoms with Gasteiger partial charge in [0.2, 0.25) is 0 Å². The number of hydrogen-bond donors (Lipinski definition) is 1. The molecule has 0 saturated carbocycles. The molecule has 0 spiro atoms. The Bertz CT molecular complexity index is 1440. The van der Waals surface area contributed by atoms with Crippen molar-refractivity contribution in [3.63, 3.8) is 0 Å². The molecule has 1 N–H and O–H groups in total. The van der Waals surface area contributed by atoms with Gasteiger partial charge in [0.1, 0.15) is 5.75 Å². The van der Waals surface area contributed by atoms with Crippen LogP contribution in [0.1, 0.15) is 41.0 Å². The summed E-state index contributed by atoms with van der Waals surface area (Å²) < 4.78 is 11.2. The van der Waals surface area contributed by atoms with Crippen LogP contribution in [0.5, 0.6) is 5.75 Å². The number of anilines is 1. The Morgan fingerprint density at radius 3 is 2.50 bits per heavy atom. The van der Waals surface area contributed by atoms with Gasteiger partial charge in [-0.3, -0.25) is 14.7 Å².